The van der Waals surface area contributed by atoms with Crippen molar-refractivity contribution in [3.63, 3.8) is 0 Å². The van der Waals surface area contributed by atoms with Crippen LogP contribution in [-0.2, 0) is 16.0 Å². The Hall–Kier alpha value is -1.84. The third kappa shape index (κ3) is 2.83. The van der Waals surface area contributed by atoms with Crippen LogP contribution in [0.5, 0.6) is 0 Å². The zero-order chi connectivity index (χ0) is 12.1. The topological polar surface area (TPSA) is 90.6 Å². The van der Waals surface area contributed by atoms with Crippen molar-refractivity contribution < 1.29 is 19.6 Å². The Kier molecular flexibility index (Phi) is 4.06. The summed E-state index contributed by atoms with van der Waals surface area (Å²) in [5, 5.41) is 26.8. The quantitative estimate of drug-likeness (QED) is 0.500. The highest BCUT2D eigenvalue weighted by Gasteiger charge is 2.18. The normalized spacial score (nSPS) is 9.38. The van der Waals surface area contributed by atoms with Crippen LogP contribution in [0.15, 0.2) is 18.2 Å². The highest BCUT2D eigenvalue weighted by Crippen LogP contribution is 2.04. The second kappa shape index (κ2) is 5.30. The van der Waals surface area contributed by atoms with Crippen molar-refractivity contribution in [2.24, 2.45) is 0 Å². The van der Waals surface area contributed by atoms with Gasteiger partial charge in [0.05, 0.1) is 25.2 Å². The van der Waals surface area contributed by atoms with E-state index in [9.17, 15) is 4.79 Å². The maximum Gasteiger partial charge on any atom is 0.488 e. The molecule has 0 amide bonds. The van der Waals surface area contributed by atoms with Crippen LogP contribution >= 0.6 is 0 Å². The maximum absolute atomic E-state index is 11.1. The number of nitrogens with zero attached hydrogens (tertiary/aromatic N) is 1. The Balaban J connectivity index is 3.11. The van der Waals surface area contributed by atoms with Crippen LogP contribution in [0, 0.1) is 11.3 Å². The van der Waals surface area contributed by atoms with E-state index >= 15 is 0 Å². The summed E-state index contributed by atoms with van der Waals surface area (Å²) in [7, 11) is -0.432. The van der Waals surface area contributed by atoms with E-state index in [4.69, 9.17) is 15.3 Å². The van der Waals surface area contributed by atoms with Gasteiger partial charge in [0.15, 0.2) is 0 Å². The fraction of sp³-hybridized carbons (Fsp3) is 0.200. The van der Waals surface area contributed by atoms with Gasteiger partial charge in [0.25, 0.3) is 0 Å². The van der Waals surface area contributed by atoms with Gasteiger partial charge in [-0.3, -0.25) is 4.79 Å². The summed E-state index contributed by atoms with van der Waals surface area (Å²) in [5.41, 5.74) is 0.925. The molecule has 0 aliphatic heterocycles. The molecule has 0 saturated carbocycles. The molecule has 0 fully saturated rings. The minimum Gasteiger partial charge on any atom is -0.469 e. The lowest BCUT2D eigenvalue weighted by Gasteiger charge is -2.07. The third-order valence-electron chi connectivity index (χ3n) is 2.11. The van der Waals surface area contributed by atoms with E-state index < -0.39 is 13.1 Å². The zero-order valence-corrected chi connectivity index (χ0v) is 8.67. The van der Waals surface area contributed by atoms with Crippen LogP contribution in [-0.4, -0.2) is 30.2 Å². The van der Waals surface area contributed by atoms with E-state index in [-0.39, 0.29) is 11.9 Å². The zero-order valence-electron chi connectivity index (χ0n) is 8.67. The second-order valence-electron chi connectivity index (χ2n) is 3.15. The van der Waals surface area contributed by atoms with Gasteiger partial charge in [-0.15, -0.1) is 0 Å². The smallest absolute Gasteiger partial charge is 0.469 e. The lowest BCUT2D eigenvalue weighted by atomic mass is 9.76. The molecule has 5 nitrogen and oxygen atoms in total. The minimum atomic E-state index is -1.67. The molecule has 0 aliphatic carbocycles. The number of rotatable bonds is 3. The van der Waals surface area contributed by atoms with Crippen molar-refractivity contribution in [2.75, 3.05) is 7.11 Å². The summed E-state index contributed by atoms with van der Waals surface area (Å²) in [6.07, 6.45) is -0.0982. The molecule has 0 atom stereocenters. The van der Waals surface area contributed by atoms with Gasteiger partial charge >= 0.3 is 13.1 Å². The predicted molar refractivity (Wildman–Crippen MR) is 56.7 cm³/mol. The van der Waals surface area contributed by atoms with E-state index in [2.05, 4.69) is 4.74 Å². The van der Waals surface area contributed by atoms with Gasteiger partial charge in [-0.05, 0) is 23.2 Å². The van der Waals surface area contributed by atoms with Gasteiger partial charge < -0.3 is 14.8 Å². The summed E-state index contributed by atoms with van der Waals surface area (Å²) < 4.78 is 4.48. The van der Waals surface area contributed by atoms with Crippen LogP contribution in [0.2, 0.25) is 0 Å². The van der Waals surface area contributed by atoms with Gasteiger partial charge in [0, 0.05) is 0 Å². The average Bonchev–Trinajstić information content (AvgIpc) is 2.28. The van der Waals surface area contributed by atoms with Gasteiger partial charge in [-0.2, -0.15) is 5.26 Å². The molecule has 0 radical (unpaired) electrons. The third-order valence-corrected chi connectivity index (χ3v) is 2.11. The molecule has 0 heterocycles. The number of benzene rings is 1. The van der Waals surface area contributed by atoms with Crippen molar-refractivity contribution in [2.45, 2.75) is 6.42 Å². The molecule has 2 N–H and O–H groups in total. The van der Waals surface area contributed by atoms with Crippen molar-refractivity contribution in [1.82, 2.24) is 0 Å². The number of methoxy groups -OCH3 is 1. The summed E-state index contributed by atoms with van der Waals surface area (Å²) in [6.45, 7) is 0. The highest BCUT2D eigenvalue weighted by atomic mass is 16.5. The van der Waals surface area contributed by atoms with Crippen LogP contribution in [0.25, 0.3) is 0 Å². The molecule has 1 aromatic carbocycles. The fourth-order valence-corrected chi connectivity index (χ4v) is 1.31. The fourth-order valence-electron chi connectivity index (χ4n) is 1.31. The van der Waals surface area contributed by atoms with Crippen molar-refractivity contribution in [3.05, 3.63) is 29.3 Å². The molecule has 0 unspecified atom stereocenters. The first-order valence-corrected chi connectivity index (χ1v) is 4.54. The van der Waals surface area contributed by atoms with Gasteiger partial charge in [-0.1, -0.05) is 6.07 Å². The summed E-state index contributed by atoms with van der Waals surface area (Å²) in [4.78, 5) is 11.1. The highest BCUT2D eigenvalue weighted by molar-refractivity contribution is 6.59. The number of esters is 1. The monoisotopic (exact) mass is 219 g/mol. The molecule has 1 aromatic rings. The minimum absolute atomic E-state index is 0.0982. The van der Waals surface area contributed by atoms with E-state index in [1.54, 1.807) is 0 Å². The largest absolute Gasteiger partial charge is 0.488 e. The molecule has 6 heteroatoms. The van der Waals surface area contributed by atoms with Crippen LogP contribution in [0.4, 0.5) is 0 Å². The second-order valence-corrected chi connectivity index (χ2v) is 3.15. The molecule has 0 aromatic heterocycles. The Bertz CT molecular complexity index is 439. The number of ether oxygens (including phenoxy) is 1. The molecule has 0 bridgehead atoms. The molecular weight excluding hydrogens is 209 g/mol. The predicted octanol–water partition coefficient (Wildman–Crippen LogP) is -1.05. The van der Waals surface area contributed by atoms with Crippen LogP contribution in [0.3, 0.4) is 0 Å². The lowest BCUT2D eigenvalue weighted by Crippen LogP contribution is -2.34. The van der Waals surface area contributed by atoms with Gasteiger partial charge in [0.1, 0.15) is 0 Å². The Morgan fingerprint density at radius 2 is 2.25 bits per heavy atom. The molecule has 82 valence electrons. The number of carbonyl (C=O) groups excluding carboxylic acids is 1. The first kappa shape index (κ1) is 12.2. The van der Waals surface area contributed by atoms with E-state index in [0.29, 0.717) is 11.1 Å². The lowest BCUT2D eigenvalue weighted by molar-refractivity contribution is -0.139. The van der Waals surface area contributed by atoms with Gasteiger partial charge in [-0.25, -0.2) is 0 Å². The summed E-state index contributed by atoms with van der Waals surface area (Å²) >= 11 is 0. The molecule has 1 rings (SSSR count). The summed E-state index contributed by atoms with van der Waals surface area (Å²) in [6, 6.07) is 6.20. The standard InChI is InChI=1S/C10H10BNO4/c1-16-10(13)5-8-4-7(6-12)2-3-9(8)11(14)15/h2-4,14-15H,5H2,1H3. The maximum atomic E-state index is 11.1. The molecular formula is C10H10BNO4. The first-order valence-electron chi connectivity index (χ1n) is 4.54. The van der Waals surface area contributed by atoms with Crippen molar-refractivity contribution >= 4 is 18.6 Å². The Labute approximate surface area is 93.0 Å². The van der Waals surface area contributed by atoms with Crippen LogP contribution in [0.1, 0.15) is 11.1 Å². The van der Waals surface area contributed by atoms with Gasteiger partial charge in [0.2, 0.25) is 0 Å². The van der Waals surface area contributed by atoms with Crippen molar-refractivity contribution in [3.8, 4) is 6.07 Å². The van der Waals surface area contributed by atoms with Crippen molar-refractivity contribution in [1.29, 1.82) is 5.26 Å². The summed E-state index contributed by atoms with van der Waals surface area (Å²) in [5.74, 6) is -0.503. The number of nitriles is 1. The molecule has 0 spiro atoms. The number of hydrogen-bond donors (Lipinski definition) is 2. The van der Waals surface area contributed by atoms with E-state index in [1.165, 1.54) is 25.3 Å². The van der Waals surface area contributed by atoms with Crippen LogP contribution < -0.4 is 5.46 Å². The van der Waals surface area contributed by atoms with E-state index in [0.717, 1.165) is 0 Å². The Morgan fingerprint density at radius 3 is 2.75 bits per heavy atom. The molecule has 16 heavy (non-hydrogen) atoms. The SMILES string of the molecule is COC(=O)Cc1cc(C#N)ccc1B(O)O. The molecule has 0 saturated heterocycles. The number of hydrogen-bond acceptors (Lipinski definition) is 5. The molecule has 0 aliphatic rings. The Morgan fingerprint density at radius 1 is 1.56 bits per heavy atom. The number of carbonyl (C=O) groups is 1. The van der Waals surface area contributed by atoms with E-state index in [1.807, 2.05) is 6.07 Å². The first-order chi connectivity index (χ1) is 7.58. The average molecular weight is 219 g/mol.